The number of hydrogen-bond acceptors (Lipinski definition) is 6. The van der Waals surface area contributed by atoms with Crippen LogP contribution in [0.3, 0.4) is 0 Å². The van der Waals surface area contributed by atoms with Crippen LogP contribution in [0.25, 0.3) is 11.3 Å². The van der Waals surface area contributed by atoms with E-state index in [2.05, 4.69) is 9.97 Å². The van der Waals surface area contributed by atoms with Gasteiger partial charge in [-0.15, -0.1) is 0 Å². The molecule has 0 amide bonds. The Labute approximate surface area is 142 Å². The molecule has 0 bridgehead atoms. The molecule has 0 radical (unpaired) electrons. The molecule has 1 aliphatic rings. The molecule has 1 fully saturated rings. The molecule has 1 aromatic heterocycles. The van der Waals surface area contributed by atoms with Crippen molar-refractivity contribution in [3.05, 3.63) is 29.8 Å². The van der Waals surface area contributed by atoms with E-state index in [0.29, 0.717) is 25.6 Å². The summed E-state index contributed by atoms with van der Waals surface area (Å²) in [5, 5.41) is 0. The molecule has 4 N–H and O–H groups in total. The molecule has 1 saturated heterocycles. The molecule has 2 heterocycles. The average molecular weight is 354 g/mol. The van der Waals surface area contributed by atoms with Gasteiger partial charge < -0.3 is 20.9 Å². The van der Waals surface area contributed by atoms with Crippen LogP contribution in [0.4, 0.5) is 24.9 Å². The van der Waals surface area contributed by atoms with Crippen molar-refractivity contribution in [3.8, 4) is 17.0 Å². The lowest BCUT2D eigenvalue weighted by Crippen LogP contribution is -2.44. The standard InChI is InChI=1S/C16H17F3N4O2/c1-15(6-24-7-15)8-25-10-4-2-3-9(5-10)12-11(16(17,18)19)13(20)23-14(21)22-12/h2-5H,6-8H2,1H3,(H4,20,21,22,23). The number of benzene rings is 1. The van der Waals surface area contributed by atoms with Gasteiger partial charge in [-0.25, -0.2) is 4.98 Å². The Hall–Kier alpha value is -2.55. The van der Waals surface area contributed by atoms with E-state index >= 15 is 0 Å². The van der Waals surface area contributed by atoms with Gasteiger partial charge in [-0.1, -0.05) is 19.1 Å². The number of nitrogen functional groups attached to an aromatic ring is 2. The van der Waals surface area contributed by atoms with Gasteiger partial charge in [-0.05, 0) is 12.1 Å². The summed E-state index contributed by atoms with van der Waals surface area (Å²) in [5.74, 6) is -0.610. The largest absolute Gasteiger partial charge is 0.493 e. The summed E-state index contributed by atoms with van der Waals surface area (Å²) in [6.07, 6.45) is -4.71. The summed E-state index contributed by atoms with van der Waals surface area (Å²) >= 11 is 0. The van der Waals surface area contributed by atoms with Crippen LogP contribution in [0.2, 0.25) is 0 Å². The van der Waals surface area contributed by atoms with Gasteiger partial charge in [0.15, 0.2) is 0 Å². The van der Waals surface area contributed by atoms with E-state index in [1.54, 1.807) is 12.1 Å². The fraction of sp³-hybridized carbons (Fsp3) is 0.375. The van der Waals surface area contributed by atoms with Crippen molar-refractivity contribution in [2.45, 2.75) is 13.1 Å². The molecular weight excluding hydrogens is 337 g/mol. The van der Waals surface area contributed by atoms with E-state index in [0.717, 1.165) is 0 Å². The number of hydrogen-bond donors (Lipinski definition) is 2. The fourth-order valence-electron chi connectivity index (χ4n) is 2.51. The van der Waals surface area contributed by atoms with Crippen LogP contribution in [0.15, 0.2) is 24.3 Å². The van der Waals surface area contributed by atoms with Crippen molar-refractivity contribution in [1.82, 2.24) is 9.97 Å². The first kappa shape index (κ1) is 17.3. The molecule has 1 aliphatic heterocycles. The van der Waals surface area contributed by atoms with E-state index in [1.807, 2.05) is 6.92 Å². The Morgan fingerprint density at radius 3 is 2.56 bits per heavy atom. The second-order valence-electron chi connectivity index (χ2n) is 6.31. The highest BCUT2D eigenvalue weighted by Crippen LogP contribution is 2.40. The lowest BCUT2D eigenvalue weighted by Gasteiger charge is -2.37. The second kappa shape index (κ2) is 6.07. The van der Waals surface area contributed by atoms with Gasteiger partial charge in [0.1, 0.15) is 17.1 Å². The highest BCUT2D eigenvalue weighted by atomic mass is 19.4. The highest BCUT2D eigenvalue weighted by molar-refractivity contribution is 5.71. The van der Waals surface area contributed by atoms with Gasteiger partial charge in [0, 0.05) is 11.0 Å². The molecule has 1 aromatic carbocycles. The number of alkyl halides is 3. The summed E-state index contributed by atoms with van der Waals surface area (Å²) < 4.78 is 50.9. The first-order chi connectivity index (χ1) is 11.7. The molecule has 2 aromatic rings. The minimum atomic E-state index is -4.71. The first-order valence-corrected chi connectivity index (χ1v) is 7.49. The van der Waals surface area contributed by atoms with Gasteiger partial charge in [-0.3, -0.25) is 0 Å². The van der Waals surface area contributed by atoms with Crippen LogP contribution in [0.1, 0.15) is 12.5 Å². The van der Waals surface area contributed by atoms with Crippen molar-refractivity contribution in [2.24, 2.45) is 5.41 Å². The molecule has 0 saturated carbocycles. The van der Waals surface area contributed by atoms with Crippen molar-refractivity contribution in [2.75, 3.05) is 31.3 Å². The third kappa shape index (κ3) is 3.60. The van der Waals surface area contributed by atoms with Crippen LogP contribution >= 0.6 is 0 Å². The third-order valence-electron chi connectivity index (χ3n) is 3.83. The van der Waals surface area contributed by atoms with Gasteiger partial charge >= 0.3 is 6.18 Å². The first-order valence-electron chi connectivity index (χ1n) is 7.49. The fourth-order valence-corrected chi connectivity index (χ4v) is 2.51. The number of nitrogens with two attached hydrogens (primary N) is 2. The monoisotopic (exact) mass is 354 g/mol. The SMILES string of the molecule is CC1(COc2cccc(-c3nc(N)nc(N)c3C(F)(F)F)c2)COC1. The quantitative estimate of drug-likeness (QED) is 0.876. The predicted molar refractivity (Wildman–Crippen MR) is 85.7 cm³/mol. The molecule has 0 unspecified atom stereocenters. The summed E-state index contributed by atoms with van der Waals surface area (Å²) in [7, 11) is 0. The molecule has 6 nitrogen and oxygen atoms in total. The van der Waals surface area contributed by atoms with E-state index in [4.69, 9.17) is 20.9 Å². The average Bonchev–Trinajstić information content (AvgIpc) is 2.49. The summed E-state index contributed by atoms with van der Waals surface area (Å²) in [6, 6.07) is 6.20. The lowest BCUT2D eigenvalue weighted by atomic mass is 9.90. The van der Waals surface area contributed by atoms with E-state index in [9.17, 15) is 13.2 Å². The van der Waals surface area contributed by atoms with Crippen LogP contribution in [-0.2, 0) is 10.9 Å². The molecule has 3 rings (SSSR count). The number of nitrogens with zero attached hydrogens (tertiary/aromatic N) is 2. The van der Waals surface area contributed by atoms with Crippen LogP contribution in [-0.4, -0.2) is 29.8 Å². The Balaban J connectivity index is 1.95. The van der Waals surface area contributed by atoms with Crippen molar-refractivity contribution in [1.29, 1.82) is 0 Å². The molecule has 0 atom stereocenters. The Bertz CT molecular complexity index is 791. The number of rotatable bonds is 4. The third-order valence-corrected chi connectivity index (χ3v) is 3.83. The topological polar surface area (TPSA) is 96.3 Å². The summed E-state index contributed by atoms with van der Waals surface area (Å²) in [4.78, 5) is 7.15. The van der Waals surface area contributed by atoms with Crippen LogP contribution < -0.4 is 16.2 Å². The molecule has 134 valence electrons. The molecule has 9 heteroatoms. The molecule has 25 heavy (non-hydrogen) atoms. The number of ether oxygens (including phenoxy) is 2. The zero-order valence-electron chi connectivity index (χ0n) is 13.4. The lowest BCUT2D eigenvalue weighted by molar-refractivity contribution is -0.136. The van der Waals surface area contributed by atoms with E-state index < -0.39 is 17.6 Å². The molecular formula is C16H17F3N4O2. The summed E-state index contributed by atoms with van der Waals surface area (Å²) in [6.45, 7) is 3.58. The van der Waals surface area contributed by atoms with E-state index in [1.165, 1.54) is 12.1 Å². The number of anilines is 2. The molecule has 0 spiro atoms. The smallest absolute Gasteiger partial charge is 0.422 e. The van der Waals surface area contributed by atoms with Crippen molar-refractivity contribution in [3.63, 3.8) is 0 Å². The predicted octanol–water partition coefficient (Wildman–Crippen LogP) is 2.74. The second-order valence-corrected chi connectivity index (χ2v) is 6.31. The van der Waals surface area contributed by atoms with E-state index in [-0.39, 0.29) is 22.6 Å². The Morgan fingerprint density at radius 1 is 1.24 bits per heavy atom. The van der Waals surface area contributed by atoms with Crippen molar-refractivity contribution >= 4 is 11.8 Å². The minimum absolute atomic E-state index is 0.0864. The Kier molecular flexibility index (Phi) is 4.19. The van der Waals surface area contributed by atoms with Gasteiger partial charge in [-0.2, -0.15) is 18.2 Å². The minimum Gasteiger partial charge on any atom is -0.493 e. The van der Waals surface area contributed by atoms with Gasteiger partial charge in [0.05, 0.1) is 25.5 Å². The maximum absolute atomic E-state index is 13.3. The molecule has 0 aliphatic carbocycles. The van der Waals surface area contributed by atoms with Crippen LogP contribution in [0, 0.1) is 5.41 Å². The zero-order chi connectivity index (χ0) is 18.2. The highest BCUT2D eigenvalue weighted by Gasteiger charge is 2.38. The van der Waals surface area contributed by atoms with Gasteiger partial charge in [0.2, 0.25) is 5.95 Å². The zero-order valence-corrected chi connectivity index (χ0v) is 13.4. The van der Waals surface area contributed by atoms with Gasteiger partial charge in [0.25, 0.3) is 0 Å². The number of halogens is 3. The maximum Gasteiger partial charge on any atom is 0.422 e. The summed E-state index contributed by atoms with van der Waals surface area (Å²) in [5.41, 5.74) is 9.52. The van der Waals surface area contributed by atoms with Crippen molar-refractivity contribution < 1.29 is 22.6 Å². The number of aromatic nitrogens is 2. The maximum atomic E-state index is 13.3. The normalized spacial score (nSPS) is 16.3. The Morgan fingerprint density at radius 2 is 1.96 bits per heavy atom. The van der Waals surface area contributed by atoms with Crippen LogP contribution in [0.5, 0.6) is 5.75 Å².